The predicted octanol–water partition coefficient (Wildman–Crippen LogP) is 2.69. The SMILES string of the molecule is CC(=O)c1cc(C(=O)NCCNC(=O)c2ccc(Cl)c(Cl)c2)n(C)c1. The van der Waals surface area contributed by atoms with E-state index in [-0.39, 0.29) is 30.7 Å². The van der Waals surface area contributed by atoms with Crippen molar-refractivity contribution < 1.29 is 14.4 Å². The molecule has 1 aromatic carbocycles. The summed E-state index contributed by atoms with van der Waals surface area (Å²) in [5, 5.41) is 6.03. The first-order chi connectivity index (χ1) is 11.8. The highest BCUT2D eigenvalue weighted by molar-refractivity contribution is 6.42. The van der Waals surface area contributed by atoms with E-state index in [1.807, 2.05) is 0 Å². The number of nitrogens with one attached hydrogen (secondary N) is 2. The summed E-state index contributed by atoms with van der Waals surface area (Å²) < 4.78 is 1.58. The van der Waals surface area contributed by atoms with Gasteiger partial charge in [-0.3, -0.25) is 14.4 Å². The van der Waals surface area contributed by atoms with E-state index in [0.29, 0.717) is 26.9 Å². The van der Waals surface area contributed by atoms with Gasteiger partial charge in [-0.05, 0) is 31.2 Å². The molecule has 6 nitrogen and oxygen atoms in total. The van der Waals surface area contributed by atoms with Crippen molar-refractivity contribution in [3.05, 3.63) is 57.3 Å². The van der Waals surface area contributed by atoms with Crippen molar-refractivity contribution in [3.63, 3.8) is 0 Å². The number of carbonyl (C=O) groups is 3. The van der Waals surface area contributed by atoms with Gasteiger partial charge in [0, 0.05) is 37.5 Å². The third kappa shape index (κ3) is 4.84. The summed E-state index contributed by atoms with van der Waals surface area (Å²) in [6.45, 7) is 1.93. The molecule has 0 spiro atoms. The Morgan fingerprint density at radius 2 is 1.60 bits per heavy atom. The Balaban J connectivity index is 1.84. The van der Waals surface area contributed by atoms with Crippen LogP contribution in [0.1, 0.15) is 38.1 Å². The summed E-state index contributed by atoms with van der Waals surface area (Å²) in [4.78, 5) is 35.4. The van der Waals surface area contributed by atoms with Gasteiger partial charge in [-0.1, -0.05) is 23.2 Å². The zero-order valence-corrected chi connectivity index (χ0v) is 15.2. The molecule has 0 atom stereocenters. The fourth-order valence-electron chi connectivity index (χ4n) is 2.16. The van der Waals surface area contributed by atoms with Gasteiger partial charge in [-0.25, -0.2) is 0 Å². The summed E-state index contributed by atoms with van der Waals surface area (Å²) in [7, 11) is 1.69. The smallest absolute Gasteiger partial charge is 0.267 e. The van der Waals surface area contributed by atoms with E-state index in [0.717, 1.165) is 0 Å². The van der Waals surface area contributed by atoms with Crippen LogP contribution in [-0.4, -0.2) is 35.3 Å². The molecule has 0 aliphatic heterocycles. The number of aromatic nitrogens is 1. The Morgan fingerprint density at radius 1 is 0.960 bits per heavy atom. The van der Waals surface area contributed by atoms with Crippen molar-refractivity contribution in [1.29, 1.82) is 0 Å². The molecular formula is C17H17Cl2N3O3. The van der Waals surface area contributed by atoms with Crippen molar-refractivity contribution in [3.8, 4) is 0 Å². The highest BCUT2D eigenvalue weighted by Crippen LogP contribution is 2.22. The molecule has 0 aliphatic rings. The third-order valence-corrected chi connectivity index (χ3v) is 4.26. The van der Waals surface area contributed by atoms with Crippen molar-refractivity contribution >= 4 is 40.8 Å². The van der Waals surface area contributed by atoms with Crippen LogP contribution in [0.25, 0.3) is 0 Å². The van der Waals surface area contributed by atoms with Crippen molar-refractivity contribution in [2.75, 3.05) is 13.1 Å². The Bertz CT molecular complexity index is 831. The first-order valence-corrected chi connectivity index (χ1v) is 8.24. The van der Waals surface area contributed by atoms with E-state index in [1.54, 1.807) is 29.9 Å². The van der Waals surface area contributed by atoms with Gasteiger partial charge >= 0.3 is 0 Å². The topological polar surface area (TPSA) is 80.2 Å². The van der Waals surface area contributed by atoms with Crippen LogP contribution >= 0.6 is 23.2 Å². The molecule has 0 bridgehead atoms. The van der Waals surface area contributed by atoms with E-state index >= 15 is 0 Å². The maximum absolute atomic E-state index is 12.1. The normalized spacial score (nSPS) is 10.4. The molecule has 1 heterocycles. The van der Waals surface area contributed by atoms with Crippen molar-refractivity contribution in [1.82, 2.24) is 15.2 Å². The minimum atomic E-state index is -0.321. The fraction of sp³-hybridized carbons (Fsp3) is 0.235. The van der Waals surface area contributed by atoms with Gasteiger partial charge in [0.05, 0.1) is 10.0 Å². The second-order valence-corrected chi connectivity index (χ2v) is 6.24. The quantitative estimate of drug-likeness (QED) is 0.596. The van der Waals surface area contributed by atoms with Gasteiger partial charge in [0.15, 0.2) is 5.78 Å². The standard InChI is InChI=1S/C17H17Cl2N3O3/c1-10(23)12-8-15(22(2)9-12)17(25)21-6-5-20-16(24)11-3-4-13(18)14(19)7-11/h3-4,7-9H,5-6H2,1-2H3,(H,20,24)(H,21,25). The Labute approximate surface area is 155 Å². The van der Waals surface area contributed by atoms with E-state index in [2.05, 4.69) is 10.6 Å². The second-order valence-electron chi connectivity index (χ2n) is 5.42. The molecule has 25 heavy (non-hydrogen) atoms. The lowest BCUT2D eigenvalue weighted by atomic mass is 10.2. The number of hydrogen-bond acceptors (Lipinski definition) is 3. The van der Waals surface area contributed by atoms with Crippen molar-refractivity contribution in [2.45, 2.75) is 6.92 Å². The fourth-order valence-corrected chi connectivity index (χ4v) is 2.46. The van der Waals surface area contributed by atoms with Gasteiger partial charge in [-0.15, -0.1) is 0 Å². The van der Waals surface area contributed by atoms with Crippen LogP contribution < -0.4 is 10.6 Å². The second kappa shape index (κ2) is 8.18. The zero-order valence-electron chi connectivity index (χ0n) is 13.7. The molecule has 2 N–H and O–H groups in total. The summed E-state index contributed by atoms with van der Waals surface area (Å²) in [5.41, 5.74) is 1.23. The molecular weight excluding hydrogens is 365 g/mol. The van der Waals surface area contributed by atoms with Gasteiger partial charge in [0.25, 0.3) is 11.8 Å². The number of benzene rings is 1. The number of halogens is 2. The van der Waals surface area contributed by atoms with Crippen LogP contribution in [0.5, 0.6) is 0 Å². The molecule has 0 saturated carbocycles. The number of nitrogens with zero attached hydrogens (tertiary/aromatic N) is 1. The number of Topliss-reactive ketones (excluding diaryl/α,β-unsaturated/α-hetero) is 1. The molecule has 0 saturated heterocycles. The molecule has 0 fully saturated rings. The molecule has 132 valence electrons. The van der Waals surface area contributed by atoms with Crippen LogP contribution in [0.4, 0.5) is 0 Å². The molecule has 1 aromatic heterocycles. The third-order valence-electron chi connectivity index (χ3n) is 3.52. The Kier molecular flexibility index (Phi) is 6.22. The number of carbonyl (C=O) groups excluding carboxylic acids is 3. The van der Waals surface area contributed by atoms with E-state index < -0.39 is 0 Å². The van der Waals surface area contributed by atoms with Gasteiger partial charge in [0.2, 0.25) is 0 Å². The monoisotopic (exact) mass is 381 g/mol. The highest BCUT2D eigenvalue weighted by Gasteiger charge is 2.13. The lowest BCUT2D eigenvalue weighted by Crippen LogP contribution is -2.35. The lowest BCUT2D eigenvalue weighted by molar-refractivity contribution is 0.0923. The number of amides is 2. The Morgan fingerprint density at radius 3 is 2.16 bits per heavy atom. The average molecular weight is 382 g/mol. The number of ketones is 1. The van der Waals surface area contributed by atoms with Crippen LogP contribution in [-0.2, 0) is 7.05 Å². The molecule has 2 amide bonds. The largest absolute Gasteiger partial charge is 0.350 e. The summed E-state index contributed by atoms with van der Waals surface area (Å²) in [6, 6.07) is 6.12. The van der Waals surface area contributed by atoms with E-state index in [9.17, 15) is 14.4 Å². The number of hydrogen-bond donors (Lipinski definition) is 2. The Hall–Kier alpha value is -2.31. The molecule has 8 heteroatoms. The van der Waals surface area contributed by atoms with Crippen LogP contribution in [0, 0.1) is 0 Å². The molecule has 0 aliphatic carbocycles. The minimum absolute atomic E-state index is 0.108. The zero-order chi connectivity index (χ0) is 18.6. The molecule has 0 radical (unpaired) electrons. The maximum Gasteiger partial charge on any atom is 0.267 e. The summed E-state index contributed by atoms with van der Waals surface area (Å²) in [6.07, 6.45) is 1.60. The average Bonchev–Trinajstić information content (AvgIpc) is 2.96. The van der Waals surface area contributed by atoms with Crippen LogP contribution in [0.2, 0.25) is 10.0 Å². The minimum Gasteiger partial charge on any atom is -0.350 e. The van der Waals surface area contributed by atoms with Gasteiger partial charge < -0.3 is 15.2 Å². The van der Waals surface area contributed by atoms with E-state index in [1.165, 1.54) is 19.1 Å². The van der Waals surface area contributed by atoms with Gasteiger partial charge in [0.1, 0.15) is 5.69 Å². The summed E-state index contributed by atoms with van der Waals surface area (Å²) >= 11 is 11.7. The van der Waals surface area contributed by atoms with Crippen molar-refractivity contribution in [2.24, 2.45) is 7.05 Å². The summed E-state index contributed by atoms with van der Waals surface area (Å²) in [5.74, 6) is -0.743. The molecule has 2 rings (SSSR count). The lowest BCUT2D eigenvalue weighted by Gasteiger charge is -2.08. The van der Waals surface area contributed by atoms with Gasteiger partial charge in [-0.2, -0.15) is 0 Å². The first-order valence-electron chi connectivity index (χ1n) is 7.48. The first kappa shape index (κ1) is 19.0. The number of rotatable bonds is 6. The van der Waals surface area contributed by atoms with Crippen LogP contribution in [0.15, 0.2) is 30.5 Å². The number of aryl methyl sites for hydroxylation is 1. The maximum atomic E-state index is 12.1. The predicted molar refractivity (Wildman–Crippen MR) is 96.5 cm³/mol. The molecule has 2 aromatic rings. The highest BCUT2D eigenvalue weighted by atomic mass is 35.5. The van der Waals surface area contributed by atoms with E-state index in [4.69, 9.17) is 23.2 Å². The molecule has 0 unspecified atom stereocenters. The van der Waals surface area contributed by atoms with Crippen LogP contribution in [0.3, 0.4) is 0 Å².